The molecule has 0 saturated heterocycles. The molecule has 0 aromatic carbocycles. The van der Waals surface area contributed by atoms with Gasteiger partial charge in [-0.15, -0.1) is 0 Å². The van der Waals surface area contributed by atoms with Gasteiger partial charge in [-0.25, -0.2) is 0 Å². The SMILES string of the molecule is CC(C)CN(CCCN)Cc1ccncc1. The largest absolute Gasteiger partial charge is 0.330 e. The molecule has 1 aromatic rings. The van der Waals surface area contributed by atoms with Gasteiger partial charge in [-0.2, -0.15) is 0 Å². The highest BCUT2D eigenvalue weighted by atomic mass is 15.1. The van der Waals surface area contributed by atoms with Crippen LogP contribution < -0.4 is 5.73 Å². The molecule has 1 aromatic heterocycles. The maximum Gasteiger partial charge on any atom is 0.0271 e. The molecule has 90 valence electrons. The Kier molecular flexibility index (Phi) is 6.04. The lowest BCUT2D eigenvalue weighted by Gasteiger charge is -2.24. The Labute approximate surface area is 98.7 Å². The molecule has 0 bridgehead atoms. The first kappa shape index (κ1) is 13.1. The molecular weight excluding hydrogens is 198 g/mol. The summed E-state index contributed by atoms with van der Waals surface area (Å²) in [5.41, 5.74) is 6.89. The highest BCUT2D eigenvalue weighted by Gasteiger charge is 2.07. The van der Waals surface area contributed by atoms with Crippen LogP contribution in [0.2, 0.25) is 0 Å². The summed E-state index contributed by atoms with van der Waals surface area (Å²) in [6, 6.07) is 4.16. The topological polar surface area (TPSA) is 42.1 Å². The van der Waals surface area contributed by atoms with Crippen molar-refractivity contribution in [1.29, 1.82) is 0 Å². The van der Waals surface area contributed by atoms with E-state index in [1.807, 2.05) is 12.4 Å². The summed E-state index contributed by atoms with van der Waals surface area (Å²) in [4.78, 5) is 6.50. The molecule has 0 radical (unpaired) electrons. The number of aromatic nitrogens is 1. The molecule has 3 nitrogen and oxygen atoms in total. The summed E-state index contributed by atoms with van der Waals surface area (Å²) in [6.45, 7) is 8.48. The molecule has 3 heteroatoms. The van der Waals surface area contributed by atoms with Crippen LogP contribution in [-0.4, -0.2) is 29.5 Å². The van der Waals surface area contributed by atoms with E-state index in [9.17, 15) is 0 Å². The zero-order chi connectivity index (χ0) is 11.8. The van der Waals surface area contributed by atoms with Crippen molar-refractivity contribution in [1.82, 2.24) is 9.88 Å². The third-order valence-electron chi connectivity index (χ3n) is 2.46. The third kappa shape index (κ3) is 5.24. The quantitative estimate of drug-likeness (QED) is 0.764. The third-order valence-corrected chi connectivity index (χ3v) is 2.46. The van der Waals surface area contributed by atoms with E-state index in [0.29, 0.717) is 5.92 Å². The van der Waals surface area contributed by atoms with E-state index in [2.05, 4.69) is 35.9 Å². The van der Waals surface area contributed by atoms with Gasteiger partial charge in [0.05, 0.1) is 0 Å². The molecule has 0 fully saturated rings. The highest BCUT2D eigenvalue weighted by Crippen LogP contribution is 2.06. The smallest absolute Gasteiger partial charge is 0.0271 e. The molecule has 0 amide bonds. The summed E-state index contributed by atoms with van der Waals surface area (Å²) < 4.78 is 0. The van der Waals surface area contributed by atoms with Gasteiger partial charge in [0.25, 0.3) is 0 Å². The monoisotopic (exact) mass is 221 g/mol. The minimum Gasteiger partial charge on any atom is -0.330 e. The van der Waals surface area contributed by atoms with E-state index in [4.69, 9.17) is 5.73 Å². The summed E-state index contributed by atoms with van der Waals surface area (Å²) in [5.74, 6) is 0.694. The second kappa shape index (κ2) is 7.36. The van der Waals surface area contributed by atoms with E-state index in [-0.39, 0.29) is 0 Å². The van der Waals surface area contributed by atoms with Crippen LogP contribution >= 0.6 is 0 Å². The zero-order valence-corrected chi connectivity index (χ0v) is 10.4. The van der Waals surface area contributed by atoms with Crippen LogP contribution in [0.1, 0.15) is 25.8 Å². The minimum atomic E-state index is 0.694. The first-order chi connectivity index (χ1) is 7.72. The Morgan fingerprint density at radius 3 is 2.56 bits per heavy atom. The molecule has 0 unspecified atom stereocenters. The van der Waals surface area contributed by atoms with Gasteiger partial charge in [0.1, 0.15) is 0 Å². The maximum absolute atomic E-state index is 5.56. The molecule has 0 saturated carbocycles. The van der Waals surface area contributed by atoms with E-state index in [0.717, 1.165) is 32.6 Å². The molecule has 0 spiro atoms. The Bertz CT molecular complexity index is 272. The second-order valence-corrected chi connectivity index (χ2v) is 4.63. The number of rotatable bonds is 7. The van der Waals surface area contributed by atoms with Gasteiger partial charge >= 0.3 is 0 Å². The maximum atomic E-state index is 5.56. The lowest BCUT2D eigenvalue weighted by Crippen LogP contribution is -2.29. The molecule has 0 aliphatic rings. The Balaban J connectivity index is 2.49. The van der Waals surface area contributed by atoms with Crippen LogP contribution in [0.15, 0.2) is 24.5 Å². The predicted molar refractivity (Wildman–Crippen MR) is 68.0 cm³/mol. The normalized spacial score (nSPS) is 11.3. The zero-order valence-electron chi connectivity index (χ0n) is 10.4. The Morgan fingerprint density at radius 1 is 1.31 bits per heavy atom. The number of nitrogens with zero attached hydrogens (tertiary/aromatic N) is 2. The van der Waals surface area contributed by atoms with E-state index < -0.39 is 0 Å². The molecule has 0 aliphatic heterocycles. The van der Waals surface area contributed by atoms with Gasteiger partial charge in [0.2, 0.25) is 0 Å². The molecule has 0 aliphatic carbocycles. The first-order valence-corrected chi connectivity index (χ1v) is 6.03. The standard InChI is InChI=1S/C13H23N3/c1-12(2)10-16(9-3-6-14)11-13-4-7-15-8-5-13/h4-5,7-8,12H,3,6,9-11,14H2,1-2H3. The first-order valence-electron chi connectivity index (χ1n) is 6.03. The van der Waals surface area contributed by atoms with Crippen LogP contribution in [0.5, 0.6) is 0 Å². The molecule has 0 atom stereocenters. The van der Waals surface area contributed by atoms with Crippen molar-refractivity contribution in [3.63, 3.8) is 0 Å². The molecule has 16 heavy (non-hydrogen) atoms. The Hall–Kier alpha value is -0.930. The number of pyridine rings is 1. The fourth-order valence-corrected chi connectivity index (χ4v) is 1.81. The van der Waals surface area contributed by atoms with Gasteiger partial charge in [0, 0.05) is 25.5 Å². The molecule has 1 heterocycles. The summed E-state index contributed by atoms with van der Waals surface area (Å²) >= 11 is 0. The van der Waals surface area contributed by atoms with Gasteiger partial charge in [-0.3, -0.25) is 9.88 Å². The van der Waals surface area contributed by atoms with Gasteiger partial charge in [-0.05, 0) is 43.1 Å². The van der Waals surface area contributed by atoms with Crippen LogP contribution in [-0.2, 0) is 6.54 Å². The Morgan fingerprint density at radius 2 is 2.00 bits per heavy atom. The van der Waals surface area contributed by atoms with Gasteiger partial charge < -0.3 is 5.73 Å². The van der Waals surface area contributed by atoms with Gasteiger partial charge in [-0.1, -0.05) is 13.8 Å². The van der Waals surface area contributed by atoms with Crippen molar-refractivity contribution in [3.8, 4) is 0 Å². The van der Waals surface area contributed by atoms with Crippen molar-refractivity contribution in [3.05, 3.63) is 30.1 Å². The van der Waals surface area contributed by atoms with Crippen LogP contribution in [0.3, 0.4) is 0 Å². The van der Waals surface area contributed by atoms with Crippen molar-refractivity contribution >= 4 is 0 Å². The predicted octanol–water partition coefficient (Wildman–Crippen LogP) is 1.89. The lowest BCUT2D eigenvalue weighted by molar-refractivity contribution is 0.234. The molecule has 1 rings (SSSR count). The molecule has 2 N–H and O–H groups in total. The van der Waals surface area contributed by atoms with Crippen molar-refractivity contribution < 1.29 is 0 Å². The summed E-state index contributed by atoms with van der Waals surface area (Å²) in [7, 11) is 0. The minimum absolute atomic E-state index is 0.694. The average Bonchev–Trinajstić information content (AvgIpc) is 2.26. The summed E-state index contributed by atoms with van der Waals surface area (Å²) in [5, 5.41) is 0. The van der Waals surface area contributed by atoms with Crippen molar-refractivity contribution in [2.24, 2.45) is 11.7 Å². The van der Waals surface area contributed by atoms with E-state index in [1.165, 1.54) is 5.56 Å². The van der Waals surface area contributed by atoms with Crippen LogP contribution in [0, 0.1) is 5.92 Å². The molecular formula is C13H23N3. The lowest BCUT2D eigenvalue weighted by atomic mass is 10.1. The van der Waals surface area contributed by atoms with Crippen LogP contribution in [0.4, 0.5) is 0 Å². The van der Waals surface area contributed by atoms with Crippen LogP contribution in [0.25, 0.3) is 0 Å². The van der Waals surface area contributed by atoms with Crippen molar-refractivity contribution in [2.45, 2.75) is 26.8 Å². The fraction of sp³-hybridized carbons (Fsp3) is 0.615. The average molecular weight is 221 g/mol. The number of hydrogen-bond donors (Lipinski definition) is 1. The fourth-order valence-electron chi connectivity index (χ4n) is 1.81. The highest BCUT2D eigenvalue weighted by molar-refractivity contribution is 5.09. The number of hydrogen-bond acceptors (Lipinski definition) is 3. The van der Waals surface area contributed by atoms with Gasteiger partial charge in [0.15, 0.2) is 0 Å². The van der Waals surface area contributed by atoms with E-state index in [1.54, 1.807) is 0 Å². The van der Waals surface area contributed by atoms with E-state index >= 15 is 0 Å². The van der Waals surface area contributed by atoms with Crippen molar-refractivity contribution in [2.75, 3.05) is 19.6 Å². The number of nitrogens with two attached hydrogens (primary N) is 1. The second-order valence-electron chi connectivity index (χ2n) is 4.63. The summed E-state index contributed by atoms with van der Waals surface area (Å²) in [6.07, 6.45) is 4.77.